The second-order valence-electron chi connectivity index (χ2n) is 4.50. The predicted molar refractivity (Wildman–Crippen MR) is 84.1 cm³/mol. The van der Waals surface area contributed by atoms with Gasteiger partial charge in [-0.05, 0) is 24.6 Å². The number of hydrogen-bond donors (Lipinski definition) is 3. The standard InChI is InChI=1S/C14H21N3O2.ClH/c1-3-5-13(18)16-11-6-4-7-12(8-11)17-14(19)10(2)9-15;/h4,6-8,10H,3,5,9,15H2,1-2H3,(H,16,18)(H,17,19);1H. The molecule has 20 heavy (non-hydrogen) atoms. The van der Waals surface area contributed by atoms with Crippen molar-refractivity contribution in [2.45, 2.75) is 26.7 Å². The van der Waals surface area contributed by atoms with Gasteiger partial charge in [-0.1, -0.05) is 19.9 Å². The minimum Gasteiger partial charge on any atom is -0.330 e. The van der Waals surface area contributed by atoms with Gasteiger partial charge in [-0.25, -0.2) is 0 Å². The molecule has 1 aromatic carbocycles. The van der Waals surface area contributed by atoms with Gasteiger partial charge in [-0.15, -0.1) is 12.4 Å². The van der Waals surface area contributed by atoms with Gasteiger partial charge in [0.1, 0.15) is 0 Å². The lowest BCUT2D eigenvalue weighted by Crippen LogP contribution is -2.26. The van der Waals surface area contributed by atoms with E-state index in [0.717, 1.165) is 6.42 Å². The van der Waals surface area contributed by atoms with Crippen LogP contribution in [-0.2, 0) is 9.59 Å². The van der Waals surface area contributed by atoms with Gasteiger partial charge < -0.3 is 16.4 Å². The van der Waals surface area contributed by atoms with E-state index in [1.807, 2.05) is 6.92 Å². The molecule has 0 aromatic heterocycles. The molecule has 0 aliphatic rings. The molecule has 1 atom stereocenters. The summed E-state index contributed by atoms with van der Waals surface area (Å²) in [5, 5.41) is 5.55. The van der Waals surface area contributed by atoms with Crippen molar-refractivity contribution in [2.24, 2.45) is 11.7 Å². The van der Waals surface area contributed by atoms with Crippen LogP contribution in [0.25, 0.3) is 0 Å². The molecule has 4 N–H and O–H groups in total. The molecule has 0 saturated carbocycles. The zero-order chi connectivity index (χ0) is 14.3. The van der Waals surface area contributed by atoms with Crippen molar-refractivity contribution in [3.8, 4) is 0 Å². The summed E-state index contributed by atoms with van der Waals surface area (Å²) >= 11 is 0. The van der Waals surface area contributed by atoms with Gasteiger partial charge in [-0.3, -0.25) is 9.59 Å². The summed E-state index contributed by atoms with van der Waals surface area (Å²) in [6.45, 7) is 4.02. The third-order valence-electron chi connectivity index (χ3n) is 2.69. The first kappa shape index (κ1) is 18.4. The minimum atomic E-state index is -0.238. The molecule has 1 rings (SSSR count). The fourth-order valence-corrected chi connectivity index (χ4v) is 1.50. The van der Waals surface area contributed by atoms with Crippen LogP contribution in [0.5, 0.6) is 0 Å². The van der Waals surface area contributed by atoms with E-state index < -0.39 is 0 Å². The van der Waals surface area contributed by atoms with Gasteiger partial charge in [0.2, 0.25) is 11.8 Å². The van der Waals surface area contributed by atoms with Gasteiger partial charge in [0.05, 0.1) is 0 Å². The average Bonchev–Trinajstić information content (AvgIpc) is 2.38. The summed E-state index contributed by atoms with van der Waals surface area (Å²) in [6, 6.07) is 7.07. The number of nitrogens with one attached hydrogen (secondary N) is 2. The molecular weight excluding hydrogens is 278 g/mol. The summed E-state index contributed by atoms with van der Waals surface area (Å²) in [5.41, 5.74) is 6.77. The Kier molecular flexibility index (Phi) is 8.59. The number of rotatable bonds is 6. The van der Waals surface area contributed by atoms with E-state index in [0.29, 0.717) is 24.3 Å². The smallest absolute Gasteiger partial charge is 0.228 e. The van der Waals surface area contributed by atoms with E-state index in [9.17, 15) is 9.59 Å². The van der Waals surface area contributed by atoms with Crippen molar-refractivity contribution in [2.75, 3.05) is 17.2 Å². The number of hydrogen-bond acceptors (Lipinski definition) is 3. The monoisotopic (exact) mass is 299 g/mol. The summed E-state index contributed by atoms with van der Waals surface area (Å²) in [5.74, 6) is -0.390. The molecule has 2 amide bonds. The molecule has 0 spiro atoms. The van der Waals surface area contributed by atoms with Crippen molar-refractivity contribution in [3.05, 3.63) is 24.3 Å². The zero-order valence-corrected chi connectivity index (χ0v) is 12.6. The Labute approximate surface area is 125 Å². The molecule has 0 radical (unpaired) electrons. The van der Waals surface area contributed by atoms with Crippen molar-refractivity contribution < 1.29 is 9.59 Å². The van der Waals surface area contributed by atoms with E-state index in [1.54, 1.807) is 31.2 Å². The molecule has 0 aliphatic heterocycles. The Morgan fingerprint density at radius 3 is 2.40 bits per heavy atom. The molecule has 1 aromatic rings. The molecule has 1 unspecified atom stereocenters. The quantitative estimate of drug-likeness (QED) is 0.754. The fraction of sp³-hybridized carbons (Fsp3) is 0.429. The third-order valence-corrected chi connectivity index (χ3v) is 2.69. The van der Waals surface area contributed by atoms with Gasteiger partial charge >= 0.3 is 0 Å². The first-order chi connectivity index (χ1) is 9.06. The first-order valence-electron chi connectivity index (χ1n) is 6.47. The summed E-state index contributed by atoms with van der Waals surface area (Å²) in [4.78, 5) is 23.2. The van der Waals surface area contributed by atoms with Crippen LogP contribution in [-0.4, -0.2) is 18.4 Å². The highest BCUT2D eigenvalue weighted by molar-refractivity contribution is 5.94. The van der Waals surface area contributed by atoms with Crippen LogP contribution < -0.4 is 16.4 Å². The fourth-order valence-electron chi connectivity index (χ4n) is 1.50. The van der Waals surface area contributed by atoms with Crippen molar-refractivity contribution in [3.63, 3.8) is 0 Å². The van der Waals surface area contributed by atoms with Crippen LogP contribution in [0.4, 0.5) is 11.4 Å². The minimum absolute atomic E-state index is 0. The number of carbonyl (C=O) groups excluding carboxylic acids is 2. The molecule has 112 valence electrons. The van der Waals surface area contributed by atoms with E-state index in [2.05, 4.69) is 10.6 Å². The Morgan fingerprint density at radius 2 is 1.85 bits per heavy atom. The second-order valence-corrected chi connectivity index (χ2v) is 4.50. The van der Waals surface area contributed by atoms with Crippen molar-refractivity contribution in [1.29, 1.82) is 0 Å². The molecule has 5 nitrogen and oxygen atoms in total. The molecule has 0 fully saturated rings. The molecule has 0 aliphatic carbocycles. The number of benzene rings is 1. The van der Waals surface area contributed by atoms with Crippen LogP contribution in [0.15, 0.2) is 24.3 Å². The van der Waals surface area contributed by atoms with E-state index in [4.69, 9.17) is 5.73 Å². The number of anilines is 2. The Bertz CT molecular complexity index is 452. The first-order valence-corrected chi connectivity index (χ1v) is 6.47. The van der Waals surface area contributed by atoms with Crippen molar-refractivity contribution >= 4 is 35.6 Å². The highest BCUT2D eigenvalue weighted by Crippen LogP contribution is 2.16. The number of amides is 2. The Balaban J connectivity index is 0.00000361. The highest BCUT2D eigenvalue weighted by atomic mass is 35.5. The maximum Gasteiger partial charge on any atom is 0.228 e. The Hall–Kier alpha value is -1.59. The van der Waals surface area contributed by atoms with Gasteiger partial charge in [0, 0.05) is 30.3 Å². The van der Waals surface area contributed by atoms with Crippen LogP contribution in [0.3, 0.4) is 0 Å². The number of carbonyl (C=O) groups is 2. The highest BCUT2D eigenvalue weighted by Gasteiger charge is 2.11. The lowest BCUT2D eigenvalue weighted by molar-refractivity contribution is -0.119. The molecular formula is C14H22ClN3O2. The van der Waals surface area contributed by atoms with Crippen molar-refractivity contribution in [1.82, 2.24) is 0 Å². The van der Waals surface area contributed by atoms with E-state index in [-0.39, 0.29) is 30.1 Å². The summed E-state index contributed by atoms with van der Waals surface area (Å²) in [6.07, 6.45) is 1.29. The molecule has 0 saturated heterocycles. The van der Waals surface area contributed by atoms with Gasteiger partial charge in [0.15, 0.2) is 0 Å². The maximum absolute atomic E-state index is 11.7. The zero-order valence-electron chi connectivity index (χ0n) is 11.8. The lowest BCUT2D eigenvalue weighted by Gasteiger charge is -2.11. The third kappa shape index (κ3) is 6.04. The Morgan fingerprint density at radius 1 is 1.25 bits per heavy atom. The summed E-state index contributed by atoms with van der Waals surface area (Å²) in [7, 11) is 0. The molecule has 6 heteroatoms. The van der Waals surface area contributed by atoms with Crippen LogP contribution in [0.2, 0.25) is 0 Å². The van der Waals surface area contributed by atoms with E-state index in [1.165, 1.54) is 0 Å². The topological polar surface area (TPSA) is 84.2 Å². The maximum atomic E-state index is 11.7. The largest absolute Gasteiger partial charge is 0.330 e. The average molecular weight is 300 g/mol. The normalized spacial score (nSPS) is 11.2. The molecule has 0 bridgehead atoms. The predicted octanol–water partition coefficient (Wildman–Crippen LogP) is 2.38. The second kappa shape index (κ2) is 9.34. The van der Waals surface area contributed by atoms with Gasteiger partial charge in [0.25, 0.3) is 0 Å². The van der Waals surface area contributed by atoms with E-state index >= 15 is 0 Å². The number of halogens is 1. The van der Waals surface area contributed by atoms with Crippen LogP contribution in [0.1, 0.15) is 26.7 Å². The number of nitrogens with two attached hydrogens (primary N) is 1. The lowest BCUT2D eigenvalue weighted by atomic mass is 10.1. The van der Waals surface area contributed by atoms with Gasteiger partial charge in [-0.2, -0.15) is 0 Å². The van der Waals surface area contributed by atoms with Crippen LogP contribution in [0, 0.1) is 5.92 Å². The summed E-state index contributed by atoms with van der Waals surface area (Å²) < 4.78 is 0. The SMILES string of the molecule is CCCC(=O)Nc1cccc(NC(=O)C(C)CN)c1.Cl. The molecule has 0 heterocycles. The van der Waals surface area contributed by atoms with Crippen LogP contribution >= 0.6 is 12.4 Å².